The number of carbonyl (C=O) groups is 1. The molecule has 0 spiro atoms. The summed E-state index contributed by atoms with van der Waals surface area (Å²) >= 11 is 0. The number of amides is 1. The molecule has 1 aromatic carbocycles. The maximum Gasteiger partial charge on any atom is 0.246 e. The fourth-order valence-corrected chi connectivity index (χ4v) is 3.37. The van der Waals surface area contributed by atoms with E-state index in [9.17, 15) is 9.90 Å². The summed E-state index contributed by atoms with van der Waals surface area (Å²) < 4.78 is 0. The minimum Gasteiger partial charge on any atom is -0.508 e. The first-order valence-corrected chi connectivity index (χ1v) is 9.97. The number of benzene rings is 1. The number of hydrogen-bond donors (Lipinski definition) is 4. The zero-order chi connectivity index (χ0) is 19.5. The number of likely N-dealkylation sites (tertiary alicyclic amines) is 1. The van der Waals surface area contributed by atoms with E-state index in [2.05, 4.69) is 32.8 Å². The Bertz CT molecular complexity index is 609. The molecule has 28 heavy (non-hydrogen) atoms. The van der Waals surface area contributed by atoms with Crippen LogP contribution in [0.4, 0.5) is 5.69 Å². The van der Waals surface area contributed by atoms with E-state index in [1.165, 1.54) is 44.4 Å². The smallest absolute Gasteiger partial charge is 0.246 e. The molecule has 7 nitrogen and oxygen atoms in total. The van der Waals surface area contributed by atoms with E-state index in [1.54, 1.807) is 12.1 Å². The molecule has 1 heterocycles. The Morgan fingerprint density at radius 2 is 1.96 bits per heavy atom. The zero-order valence-corrected chi connectivity index (χ0v) is 19.2. The lowest BCUT2D eigenvalue weighted by atomic mass is 10.0. The van der Waals surface area contributed by atoms with E-state index in [0.717, 1.165) is 19.6 Å². The standard InChI is InChI=1S/C20H33N5O2.HI/c1-3-17-7-5-6-13-25(17)14-12-22-20(21-4-2)23-15-19(27)24-16-8-10-18(26)11-9-16;/h8-11,17,26H,3-7,12-15H2,1-2H3,(H,24,27)(H2,21,22,23);1H. The molecule has 1 unspecified atom stereocenters. The van der Waals surface area contributed by atoms with Gasteiger partial charge >= 0.3 is 0 Å². The number of hydrogen-bond acceptors (Lipinski definition) is 4. The van der Waals surface area contributed by atoms with Crippen LogP contribution >= 0.6 is 24.0 Å². The van der Waals surface area contributed by atoms with Gasteiger partial charge < -0.3 is 21.1 Å². The molecule has 1 aromatic rings. The summed E-state index contributed by atoms with van der Waals surface area (Å²) in [6.45, 7) is 8.01. The Morgan fingerprint density at radius 1 is 1.21 bits per heavy atom. The Balaban J connectivity index is 0.00000392. The minimum atomic E-state index is -0.194. The number of phenolic OH excluding ortho intramolecular Hbond substituents is 1. The van der Waals surface area contributed by atoms with Gasteiger partial charge in [0, 0.05) is 31.4 Å². The van der Waals surface area contributed by atoms with Crippen molar-refractivity contribution in [2.45, 2.75) is 45.6 Å². The van der Waals surface area contributed by atoms with Gasteiger partial charge in [-0.05, 0) is 57.0 Å². The second-order valence-corrected chi connectivity index (χ2v) is 6.81. The average molecular weight is 503 g/mol. The maximum atomic E-state index is 12.1. The van der Waals surface area contributed by atoms with Gasteiger partial charge in [0.25, 0.3) is 0 Å². The lowest BCUT2D eigenvalue weighted by Gasteiger charge is -2.35. The Morgan fingerprint density at radius 3 is 2.64 bits per heavy atom. The number of piperidine rings is 1. The van der Waals surface area contributed by atoms with Gasteiger partial charge in [0.2, 0.25) is 5.91 Å². The largest absolute Gasteiger partial charge is 0.508 e. The number of nitrogens with one attached hydrogen (secondary N) is 3. The number of aliphatic imine (C=N–C) groups is 1. The summed E-state index contributed by atoms with van der Waals surface area (Å²) in [4.78, 5) is 19.0. The molecule has 0 aliphatic carbocycles. The zero-order valence-electron chi connectivity index (χ0n) is 16.9. The molecule has 0 aromatic heterocycles. The van der Waals surface area contributed by atoms with Crippen molar-refractivity contribution in [1.82, 2.24) is 15.5 Å². The fraction of sp³-hybridized carbons (Fsp3) is 0.600. The molecule has 4 N–H and O–H groups in total. The molecule has 1 amide bonds. The molecule has 1 aliphatic heterocycles. The van der Waals surface area contributed by atoms with Crippen LogP contribution in [0.25, 0.3) is 0 Å². The Hall–Kier alpha value is -1.55. The monoisotopic (exact) mass is 503 g/mol. The van der Waals surface area contributed by atoms with Crippen LogP contribution in [0.15, 0.2) is 29.3 Å². The highest BCUT2D eigenvalue weighted by molar-refractivity contribution is 14.0. The third kappa shape index (κ3) is 8.64. The van der Waals surface area contributed by atoms with E-state index in [-0.39, 0.29) is 42.2 Å². The summed E-state index contributed by atoms with van der Waals surface area (Å²) in [7, 11) is 0. The maximum absolute atomic E-state index is 12.1. The third-order valence-corrected chi connectivity index (χ3v) is 4.79. The van der Waals surface area contributed by atoms with Crippen LogP contribution in [0.3, 0.4) is 0 Å². The van der Waals surface area contributed by atoms with Crippen molar-refractivity contribution in [2.75, 3.05) is 38.0 Å². The van der Waals surface area contributed by atoms with Gasteiger partial charge in [0.15, 0.2) is 5.96 Å². The molecule has 0 saturated carbocycles. The van der Waals surface area contributed by atoms with E-state index in [4.69, 9.17) is 0 Å². The highest BCUT2D eigenvalue weighted by atomic mass is 127. The highest BCUT2D eigenvalue weighted by Gasteiger charge is 2.19. The first-order valence-electron chi connectivity index (χ1n) is 9.97. The fourth-order valence-electron chi connectivity index (χ4n) is 3.37. The van der Waals surface area contributed by atoms with E-state index in [1.807, 2.05) is 6.92 Å². The molecule has 0 radical (unpaired) electrons. The third-order valence-electron chi connectivity index (χ3n) is 4.79. The molecule has 1 saturated heterocycles. The summed E-state index contributed by atoms with van der Waals surface area (Å²) in [6.07, 6.45) is 5.11. The normalized spacial score (nSPS) is 17.5. The van der Waals surface area contributed by atoms with Crippen LogP contribution in [0, 0.1) is 0 Å². The quantitative estimate of drug-likeness (QED) is 0.190. The van der Waals surface area contributed by atoms with Crippen molar-refractivity contribution in [3.63, 3.8) is 0 Å². The van der Waals surface area contributed by atoms with Gasteiger partial charge in [-0.1, -0.05) is 13.3 Å². The number of halogens is 1. The van der Waals surface area contributed by atoms with Crippen LogP contribution < -0.4 is 16.0 Å². The van der Waals surface area contributed by atoms with Crippen molar-refractivity contribution < 1.29 is 9.90 Å². The molecule has 1 fully saturated rings. The first kappa shape index (κ1) is 24.5. The molecule has 1 aliphatic rings. The van der Waals surface area contributed by atoms with E-state index < -0.39 is 0 Å². The lowest BCUT2D eigenvalue weighted by Crippen LogP contribution is -2.46. The first-order chi connectivity index (χ1) is 13.1. The van der Waals surface area contributed by atoms with E-state index in [0.29, 0.717) is 17.7 Å². The van der Waals surface area contributed by atoms with Gasteiger partial charge in [-0.3, -0.25) is 9.69 Å². The number of nitrogens with zero attached hydrogens (tertiary/aromatic N) is 2. The van der Waals surface area contributed by atoms with Gasteiger partial charge in [-0.2, -0.15) is 0 Å². The van der Waals surface area contributed by atoms with Crippen molar-refractivity contribution in [3.05, 3.63) is 24.3 Å². The van der Waals surface area contributed by atoms with Gasteiger partial charge in [-0.15, -0.1) is 24.0 Å². The van der Waals surface area contributed by atoms with E-state index >= 15 is 0 Å². The summed E-state index contributed by atoms with van der Waals surface area (Å²) in [5.41, 5.74) is 0.640. The SMILES string of the molecule is CCNC(=NCC(=O)Nc1ccc(O)cc1)NCCN1CCCCC1CC.I. The van der Waals surface area contributed by atoms with Gasteiger partial charge in [0.05, 0.1) is 0 Å². The Kier molecular flexibility index (Phi) is 11.9. The van der Waals surface area contributed by atoms with Crippen molar-refractivity contribution in [3.8, 4) is 5.75 Å². The van der Waals surface area contributed by atoms with Gasteiger partial charge in [-0.25, -0.2) is 4.99 Å². The molecule has 8 heteroatoms. The van der Waals surface area contributed by atoms with Crippen molar-refractivity contribution >= 4 is 41.5 Å². The predicted molar refractivity (Wildman–Crippen MR) is 126 cm³/mol. The van der Waals surface area contributed by atoms with Crippen LogP contribution in [-0.2, 0) is 4.79 Å². The minimum absolute atomic E-state index is 0. The van der Waals surface area contributed by atoms with Gasteiger partial charge in [0.1, 0.15) is 12.3 Å². The van der Waals surface area contributed by atoms with Crippen molar-refractivity contribution in [1.29, 1.82) is 0 Å². The number of phenols is 1. The number of aromatic hydroxyl groups is 1. The molecule has 1 atom stereocenters. The Labute approximate surface area is 185 Å². The average Bonchev–Trinajstić information content (AvgIpc) is 2.68. The number of rotatable bonds is 8. The van der Waals surface area contributed by atoms with Crippen LogP contribution in [0.2, 0.25) is 0 Å². The second-order valence-electron chi connectivity index (χ2n) is 6.81. The lowest BCUT2D eigenvalue weighted by molar-refractivity contribution is -0.114. The summed E-state index contributed by atoms with van der Waals surface area (Å²) in [6, 6.07) is 7.08. The second kappa shape index (κ2) is 13.6. The number of carbonyl (C=O) groups excluding carboxylic acids is 1. The van der Waals surface area contributed by atoms with Crippen LogP contribution in [-0.4, -0.2) is 60.6 Å². The molecular formula is C20H34IN5O2. The number of guanidine groups is 1. The predicted octanol–water partition coefficient (Wildman–Crippen LogP) is 2.77. The highest BCUT2D eigenvalue weighted by Crippen LogP contribution is 2.18. The van der Waals surface area contributed by atoms with Crippen LogP contribution in [0.5, 0.6) is 5.75 Å². The number of anilines is 1. The van der Waals surface area contributed by atoms with Crippen molar-refractivity contribution in [2.24, 2.45) is 4.99 Å². The molecule has 158 valence electrons. The topological polar surface area (TPSA) is 89.0 Å². The summed E-state index contributed by atoms with van der Waals surface area (Å²) in [5, 5.41) is 18.6. The molecular weight excluding hydrogens is 469 g/mol. The van der Waals surface area contributed by atoms with Crippen LogP contribution in [0.1, 0.15) is 39.5 Å². The molecule has 2 rings (SSSR count). The molecule has 0 bridgehead atoms. The summed E-state index contributed by atoms with van der Waals surface area (Å²) in [5.74, 6) is 0.632.